The lowest BCUT2D eigenvalue weighted by Gasteiger charge is -2.26. The van der Waals surface area contributed by atoms with Crippen LogP contribution in [0.3, 0.4) is 0 Å². The summed E-state index contributed by atoms with van der Waals surface area (Å²) in [5.41, 5.74) is 2.20. The molecule has 1 saturated heterocycles. The fourth-order valence-corrected chi connectivity index (χ4v) is 2.58. The largest absolute Gasteiger partial charge is 0.317 e. The smallest absolute Gasteiger partial charge is 0.130 e. The van der Waals surface area contributed by atoms with Crippen molar-refractivity contribution >= 4 is 0 Å². The van der Waals surface area contributed by atoms with Crippen molar-refractivity contribution in [1.29, 1.82) is 0 Å². The van der Waals surface area contributed by atoms with E-state index in [1.54, 1.807) is 13.8 Å². The van der Waals surface area contributed by atoms with Gasteiger partial charge in [-0.15, -0.1) is 0 Å². The van der Waals surface area contributed by atoms with Gasteiger partial charge in [-0.05, 0) is 69.3 Å². The number of piperidine rings is 1. The standard InChI is InChI=1S/C15H22FN/c1-11-4-5-13(15(2,3)16)10-14(11)12-6-8-17-9-7-12/h4-5,10,12,17H,6-9H2,1-3H3. The Balaban J connectivity index is 2.31. The summed E-state index contributed by atoms with van der Waals surface area (Å²) in [5, 5.41) is 3.37. The van der Waals surface area contributed by atoms with E-state index in [0.717, 1.165) is 31.5 Å². The first-order valence-electron chi connectivity index (χ1n) is 6.49. The molecule has 1 aliphatic heterocycles. The van der Waals surface area contributed by atoms with Gasteiger partial charge in [0.25, 0.3) is 0 Å². The van der Waals surface area contributed by atoms with Crippen LogP contribution in [0.2, 0.25) is 0 Å². The highest BCUT2D eigenvalue weighted by atomic mass is 19.1. The van der Waals surface area contributed by atoms with Gasteiger partial charge in [0.1, 0.15) is 5.67 Å². The summed E-state index contributed by atoms with van der Waals surface area (Å²) in [6.45, 7) is 7.54. The highest BCUT2D eigenvalue weighted by molar-refractivity contribution is 5.36. The minimum Gasteiger partial charge on any atom is -0.317 e. The number of hydrogen-bond acceptors (Lipinski definition) is 1. The van der Waals surface area contributed by atoms with Crippen LogP contribution in [-0.2, 0) is 5.67 Å². The van der Waals surface area contributed by atoms with Gasteiger partial charge in [0.05, 0.1) is 0 Å². The summed E-state index contributed by atoms with van der Waals surface area (Å²) in [6.07, 6.45) is 2.33. The minimum absolute atomic E-state index is 0.596. The van der Waals surface area contributed by atoms with Crippen LogP contribution in [0.15, 0.2) is 18.2 Å². The molecule has 0 saturated carbocycles. The quantitative estimate of drug-likeness (QED) is 0.824. The van der Waals surface area contributed by atoms with E-state index < -0.39 is 5.67 Å². The number of benzene rings is 1. The second kappa shape index (κ2) is 4.77. The molecule has 0 atom stereocenters. The second-order valence-electron chi connectivity index (χ2n) is 5.57. The topological polar surface area (TPSA) is 12.0 Å². The Morgan fingerprint density at radius 3 is 2.47 bits per heavy atom. The van der Waals surface area contributed by atoms with Gasteiger partial charge in [-0.2, -0.15) is 0 Å². The van der Waals surface area contributed by atoms with E-state index in [2.05, 4.69) is 24.4 Å². The fourth-order valence-electron chi connectivity index (χ4n) is 2.58. The number of aryl methyl sites for hydroxylation is 1. The molecule has 17 heavy (non-hydrogen) atoms. The van der Waals surface area contributed by atoms with Crippen molar-refractivity contribution in [3.8, 4) is 0 Å². The van der Waals surface area contributed by atoms with Crippen LogP contribution < -0.4 is 5.32 Å². The highest BCUT2D eigenvalue weighted by Gasteiger charge is 2.22. The Hall–Kier alpha value is -0.890. The van der Waals surface area contributed by atoms with Crippen molar-refractivity contribution in [2.75, 3.05) is 13.1 Å². The number of nitrogens with one attached hydrogen (secondary N) is 1. The lowest BCUT2D eigenvalue weighted by molar-refractivity contribution is 0.221. The molecule has 0 radical (unpaired) electrons. The summed E-state index contributed by atoms with van der Waals surface area (Å²) in [6, 6.07) is 6.05. The van der Waals surface area contributed by atoms with Crippen LogP contribution in [0.5, 0.6) is 0 Å². The van der Waals surface area contributed by atoms with Gasteiger partial charge in [0, 0.05) is 0 Å². The van der Waals surface area contributed by atoms with Crippen LogP contribution in [0.1, 0.15) is 49.3 Å². The van der Waals surface area contributed by atoms with Crippen LogP contribution in [-0.4, -0.2) is 13.1 Å². The summed E-state index contributed by atoms with van der Waals surface area (Å²) in [5.74, 6) is 0.596. The van der Waals surface area contributed by atoms with E-state index in [-0.39, 0.29) is 0 Å². The third kappa shape index (κ3) is 2.86. The van der Waals surface area contributed by atoms with Gasteiger partial charge in [0.2, 0.25) is 0 Å². The maximum Gasteiger partial charge on any atom is 0.130 e. The van der Waals surface area contributed by atoms with Crippen molar-refractivity contribution in [3.05, 3.63) is 34.9 Å². The average Bonchev–Trinajstić information content (AvgIpc) is 2.29. The van der Waals surface area contributed by atoms with Crippen LogP contribution in [0.25, 0.3) is 0 Å². The highest BCUT2D eigenvalue weighted by Crippen LogP contribution is 2.32. The number of alkyl halides is 1. The molecule has 0 spiro atoms. The summed E-state index contributed by atoms with van der Waals surface area (Å²) >= 11 is 0. The molecular formula is C15H22FN. The fraction of sp³-hybridized carbons (Fsp3) is 0.600. The molecule has 1 heterocycles. The Bertz CT molecular complexity index is 386. The van der Waals surface area contributed by atoms with E-state index in [0.29, 0.717) is 5.92 Å². The zero-order valence-corrected chi connectivity index (χ0v) is 11.0. The third-order valence-electron chi connectivity index (χ3n) is 3.74. The van der Waals surface area contributed by atoms with Crippen molar-refractivity contribution in [2.24, 2.45) is 0 Å². The Kier molecular flexibility index (Phi) is 3.53. The zero-order chi connectivity index (χ0) is 12.5. The molecule has 0 unspecified atom stereocenters. The molecule has 0 bridgehead atoms. The van der Waals surface area contributed by atoms with E-state index in [1.165, 1.54) is 11.1 Å². The van der Waals surface area contributed by atoms with Gasteiger partial charge in [-0.25, -0.2) is 4.39 Å². The lowest BCUT2D eigenvalue weighted by atomic mass is 9.85. The van der Waals surface area contributed by atoms with E-state index in [1.807, 2.05) is 6.07 Å². The molecule has 0 aromatic heterocycles. The zero-order valence-electron chi connectivity index (χ0n) is 11.0. The molecule has 1 fully saturated rings. The summed E-state index contributed by atoms with van der Waals surface area (Å²) in [4.78, 5) is 0. The minimum atomic E-state index is -1.24. The predicted octanol–water partition coefficient (Wildman–Crippen LogP) is 3.67. The molecule has 1 nitrogen and oxygen atoms in total. The maximum atomic E-state index is 14.0. The van der Waals surface area contributed by atoms with Crippen LogP contribution >= 0.6 is 0 Å². The van der Waals surface area contributed by atoms with Crippen molar-refractivity contribution in [2.45, 2.75) is 45.2 Å². The molecule has 1 N–H and O–H groups in total. The first kappa shape index (κ1) is 12.6. The van der Waals surface area contributed by atoms with Crippen molar-refractivity contribution in [3.63, 3.8) is 0 Å². The monoisotopic (exact) mass is 235 g/mol. The number of hydrogen-bond donors (Lipinski definition) is 1. The Labute approximate surface area is 103 Å². The van der Waals surface area contributed by atoms with Gasteiger partial charge in [-0.1, -0.05) is 18.2 Å². The second-order valence-corrected chi connectivity index (χ2v) is 5.57. The molecule has 94 valence electrons. The van der Waals surface area contributed by atoms with Crippen molar-refractivity contribution in [1.82, 2.24) is 5.32 Å². The molecular weight excluding hydrogens is 213 g/mol. The first-order valence-corrected chi connectivity index (χ1v) is 6.49. The summed E-state index contributed by atoms with van der Waals surface area (Å²) < 4.78 is 14.0. The Morgan fingerprint density at radius 2 is 1.88 bits per heavy atom. The third-order valence-corrected chi connectivity index (χ3v) is 3.74. The van der Waals surface area contributed by atoms with E-state index in [4.69, 9.17) is 0 Å². The van der Waals surface area contributed by atoms with E-state index >= 15 is 0 Å². The lowest BCUT2D eigenvalue weighted by Crippen LogP contribution is -2.27. The molecule has 0 aliphatic carbocycles. The molecule has 2 heteroatoms. The SMILES string of the molecule is Cc1ccc(C(C)(C)F)cc1C1CCNCC1. The van der Waals surface area contributed by atoms with Crippen LogP contribution in [0.4, 0.5) is 4.39 Å². The normalized spacial score (nSPS) is 18.4. The maximum absolute atomic E-state index is 14.0. The molecule has 0 amide bonds. The van der Waals surface area contributed by atoms with Gasteiger partial charge in [0.15, 0.2) is 0 Å². The van der Waals surface area contributed by atoms with E-state index in [9.17, 15) is 4.39 Å². The number of rotatable bonds is 2. The summed E-state index contributed by atoms with van der Waals surface area (Å²) in [7, 11) is 0. The van der Waals surface area contributed by atoms with Crippen LogP contribution in [0, 0.1) is 6.92 Å². The predicted molar refractivity (Wildman–Crippen MR) is 70.2 cm³/mol. The van der Waals surface area contributed by atoms with Gasteiger partial charge >= 0.3 is 0 Å². The molecule has 1 aromatic rings. The Morgan fingerprint density at radius 1 is 1.24 bits per heavy atom. The molecule has 1 aromatic carbocycles. The molecule has 1 aliphatic rings. The average molecular weight is 235 g/mol. The molecule has 2 rings (SSSR count). The first-order chi connectivity index (χ1) is 7.98. The van der Waals surface area contributed by atoms with Gasteiger partial charge in [-0.3, -0.25) is 0 Å². The number of halogens is 1. The van der Waals surface area contributed by atoms with Gasteiger partial charge < -0.3 is 5.32 Å². The van der Waals surface area contributed by atoms with Crippen molar-refractivity contribution < 1.29 is 4.39 Å².